The van der Waals surface area contributed by atoms with Gasteiger partial charge in [-0.05, 0) is 55.0 Å². The first-order valence-corrected chi connectivity index (χ1v) is 10.3. The second-order valence-electron chi connectivity index (χ2n) is 7.98. The molecule has 1 saturated heterocycles. The summed E-state index contributed by atoms with van der Waals surface area (Å²) in [5.74, 6) is -1.27. The van der Waals surface area contributed by atoms with Crippen molar-refractivity contribution in [2.45, 2.75) is 6.42 Å². The van der Waals surface area contributed by atoms with Crippen molar-refractivity contribution >= 4 is 22.7 Å². The molecular formula is C23H19FN6O3. The first kappa shape index (κ1) is 20.6. The zero-order valence-electron chi connectivity index (χ0n) is 17.4. The molecule has 0 spiro atoms. The number of pyridine rings is 1. The summed E-state index contributed by atoms with van der Waals surface area (Å²) in [6.07, 6.45) is 2.16. The predicted molar refractivity (Wildman–Crippen MR) is 118 cm³/mol. The zero-order chi connectivity index (χ0) is 23.1. The van der Waals surface area contributed by atoms with E-state index in [1.807, 2.05) is 0 Å². The van der Waals surface area contributed by atoms with Crippen LogP contribution in [0.2, 0.25) is 0 Å². The average Bonchev–Trinajstić information content (AvgIpc) is 3.49. The SMILES string of the molecule is NC(=O)[C@@H]1CCN(C(=O)c2ccc(-n3cc(-c4cc5cc(F)ccc5[nH]c4=O)nn3)cc2)C1. The molecule has 5 rings (SSSR count). The van der Waals surface area contributed by atoms with Crippen LogP contribution in [0.3, 0.4) is 0 Å². The van der Waals surface area contributed by atoms with Crippen molar-refractivity contribution in [2.75, 3.05) is 13.1 Å². The van der Waals surface area contributed by atoms with Crippen molar-refractivity contribution in [2.24, 2.45) is 11.7 Å². The molecule has 2 aromatic heterocycles. The third kappa shape index (κ3) is 3.86. The van der Waals surface area contributed by atoms with Crippen molar-refractivity contribution in [3.05, 3.63) is 76.5 Å². The van der Waals surface area contributed by atoms with Crippen molar-refractivity contribution in [1.82, 2.24) is 24.9 Å². The Bertz CT molecular complexity index is 1440. The third-order valence-electron chi connectivity index (χ3n) is 5.83. The molecule has 0 bridgehead atoms. The second kappa shape index (κ2) is 7.97. The van der Waals surface area contributed by atoms with Gasteiger partial charge in [-0.3, -0.25) is 14.4 Å². The Morgan fingerprint density at radius 1 is 1.12 bits per heavy atom. The molecule has 9 nitrogen and oxygen atoms in total. The van der Waals surface area contributed by atoms with Crippen LogP contribution in [0.5, 0.6) is 0 Å². The fourth-order valence-corrected chi connectivity index (χ4v) is 4.00. The number of fused-ring (bicyclic) bond motifs is 1. The Hall–Kier alpha value is -4.34. The first-order chi connectivity index (χ1) is 15.9. The molecular weight excluding hydrogens is 427 g/mol. The second-order valence-corrected chi connectivity index (χ2v) is 7.98. The smallest absolute Gasteiger partial charge is 0.258 e. The van der Waals surface area contributed by atoms with E-state index in [9.17, 15) is 18.8 Å². The number of H-pyrrole nitrogens is 1. The number of rotatable bonds is 4. The number of aromatic amines is 1. The van der Waals surface area contributed by atoms with Crippen molar-refractivity contribution in [1.29, 1.82) is 0 Å². The number of carbonyl (C=O) groups is 2. The van der Waals surface area contributed by atoms with Gasteiger partial charge in [-0.2, -0.15) is 0 Å². The van der Waals surface area contributed by atoms with Gasteiger partial charge in [0.1, 0.15) is 11.5 Å². The molecule has 1 fully saturated rings. The molecule has 166 valence electrons. The van der Waals surface area contributed by atoms with E-state index in [0.717, 1.165) is 0 Å². The number of nitrogens with two attached hydrogens (primary N) is 1. The number of hydrogen-bond donors (Lipinski definition) is 2. The molecule has 4 aromatic rings. The number of carbonyl (C=O) groups excluding carboxylic acids is 2. The zero-order valence-corrected chi connectivity index (χ0v) is 17.4. The summed E-state index contributed by atoms with van der Waals surface area (Å²) in [6, 6.07) is 12.5. The Morgan fingerprint density at radius 2 is 1.91 bits per heavy atom. The van der Waals surface area contributed by atoms with Gasteiger partial charge in [-0.1, -0.05) is 5.21 Å². The highest BCUT2D eigenvalue weighted by Gasteiger charge is 2.30. The largest absolute Gasteiger partial charge is 0.369 e. The molecule has 1 aliphatic heterocycles. The summed E-state index contributed by atoms with van der Waals surface area (Å²) >= 11 is 0. The molecule has 3 heterocycles. The highest BCUT2D eigenvalue weighted by molar-refractivity contribution is 5.95. The number of amides is 2. The lowest BCUT2D eigenvalue weighted by Crippen LogP contribution is -2.31. The molecule has 1 aliphatic rings. The lowest BCUT2D eigenvalue weighted by molar-refractivity contribution is -0.121. The molecule has 2 amide bonds. The number of benzene rings is 2. The quantitative estimate of drug-likeness (QED) is 0.495. The van der Waals surface area contributed by atoms with E-state index >= 15 is 0 Å². The van der Waals surface area contributed by atoms with Crippen LogP contribution in [-0.4, -0.2) is 49.8 Å². The molecule has 0 saturated carbocycles. The van der Waals surface area contributed by atoms with Crippen LogP contribution in [0.1, 0.15) is 16.8 Å². The molecule has 0 unspecified atom stereocenters. The lowest BCUT2D eigenvalue weighted by atomic mass is 10.1. The highest BCUT2D eigenvalue weighted by atomic mass is 19.1. The maximum Gasteiger partial charge on any atom is 0.258 e. The van der Waals surface area contributed by atoms with E-state index in [1.54, 1.807) is 41.4 Å². The maximum atomic E-state index is 13.6. The van der Waals surface area contributed by atoms with Gasteiger partial charge in [-0.15, -0.1) is 5.10 Å². The van der Waals surface area contributed by atoms with E-state index in [-0.39, 0.29) is 22.9 Å². The van der Waals surface area contributed by atoms with Crippen LogP contribution in [0.25, 0.3) is 27.8 Å². The minimum atomic E-state index is -0.405. The minimum Gasteiger partial charge on any atom is -0.369 e. The molecule has 33 heavy (non-hydrogen) atoms. The predicted octanol–water partition coefficient (Wildman–Crippen LogP) is 1.86. The van der Waals surface area contributed by atoms with Crippen LogP contribution in [0, 0.1) is 11.7 Å². The fraction of sp³-hybridized carbons (Fsp3) is 0.174. The number of likely N-dealkylation sites (tertiary alicyclic amines) is 1. The van der Waals surface area contributed by atoms with Crippen LogP contribution >= 0.6 is 0 Å². The Morgan fingerprint density at radius 3 is 2.64 bits per heavy atom. The lowest BCUT2D eigenvalue weighted by Gasteiger charge is -2.16. The van der Waals surface area contributed by atoms with Crippen LogP contribution in [-0.2, 0) is 4.79 Å². The standard InChI is InChI=1S/C23H19FN6O3/c24-16-3-6-19-15(9-16)10-18(22(32)26-19)20-12-30(28-27-20)17-4-1-13(2-5-17)23(33)29-8-7-14(11-29)21(25)31/h1-6,9-10,12,14H,7-8,11H2,(H2,25,31)(H,26,32)/t14-/m1/s1. The van der Waals surface area contributed by atoms with Crippen LogP contribution in [0.15, 0.2) is 59.5 Å². The van der Waals surface area contributed by atoms with E-state index in [0.29, 0.717) is 47.4 Å². The van der Waals surface area contributed by atoms with Gasteiger partial charge in [0.25, 0.3) is 11.5 Å². The summed E-state index contributed by atoms with van der Waals surface area (Å²) in [4.78, 5) is 40.9. The van der Waals surface area contributed by atoms with E-state index in [1.165, 1.54) is 22.9 Å². The number of primary amides is 1. The summed E-state index contributed by atoms with van der Waals surface area (Å²) in [7, 11) is 0. The van der Waals surface area contributed by atoms with E-state index in [4.69, 9.17) is 5.73 Å². The van der Waals surface area contributed by atoms with Crippen molar-refractivity contribution < 1.29 is 14.0 Å². The summed E-state index contributed by atoms with van der Waals surface area (Å²) in [5, 5.41) is 8.70. The van der Waals surface area contributed by atoms with Gasteiger partial charge in [0.2, 0.25) is 5.91 Å². The van der Waals surface area contributed by atoms with Gasteiger partial charge in [-0.25, -0.2) is 9.07 Å². The van der Waals surface area contributed by atoms with Crippen LogP contribution < -0.4 is 11.3 Å². The molecule has 1 atom stereocenters. The number of nitrogens with one attached hydrogen (secondary N) is 1. The molecule has 2 aromatic carbocycles. The van der Waals surface area contributed by atoms with E-state index < -0.39 is 11.7 Å². The number of halogens is 1. The number of nitrogens with zero attached hydrogens (tertiary/aromatic N) is 4. The molecule has 0 radical (unpaired) electrons. The molecule has 3 N–H and O–H groups in total. The third-order valence-corrected chi connectivity index (χ3v) is 5.83. The maximum absolute atomic E-state index is 13.6. The average molecular weight is 446 g/mol. The highest BCUT2D eigenvalue weighted by Crippen LogP contribution is 2.21. The van der Waals surface area contributed by atoms with E-state index in [2.05, 4.69) is 15.3 Å². The Labute approximate surface area is 186 Å². The van der Waals surface area contributed by atoms with Gasteiger partial charge in [0.15, 0.2) is 0 Å². The minimum absolute atomic E-state index is 0.167. The summed E-state index contributed by atoms with van der Waals surface area (Å²) in [5.41, 5.74) is 7.23. The monoisotopic (exact) mass is 446 g/mol. The normalized spacial score (nSPS) is 15.8. The Kier molecular flexibility index (Phi) is 4.97. The van der Waals surface area contributed by atoms with Crippen molar-refractivity contribution in [3.63, 3.8) is 0 Å². The topological polar surface area (TPSA) is 127 Å². The van der Waals surface area contributed by atoms with Crippen LogP contribution in [0.4, 0.5) is 4.39 Å². The first-order valence-electron chi connectivity index (χ1n) is 10.3. The summed E-state index contributed by atoms with van der Waals surface area (Å²) in [6.45, 7) is 0.817. The number of hydrogen-bond acceptors (Lipinski definition) is 5. The van der Waals surface area contributed by atoms with Gasteiger partial charge in [0.05, 0.1) is 23.4 Å². The fourth-order valence-electron chi connectivity index (χ4n) is 4.00. The molecule has 10 heteroatoms. The van der Waals surface area contributed by atoms with Crippen molar-refractivity contribution in [3.8, 4) is 16.9 Å². The number of aromatic nitrogens is 4. The van der Waals surface area contributed by atoms with Gasteiger partial charge < -0.3 is 15.6 Å². The van der Waals surface area contributed by atoms with Gasteiger partial charge in [0, 0.05) is 29.6 Å². The van der Waals surface area contributed by atoms with Gasteiger partial charge >= 0.3 is 0 Å². The Balaban J connectivity index is 1.38. The molecule has 0 aliphatic carbocycles. The summed E-state index contributed by atoms with van der Waals surface area (Å²) < 4.78 is 15.1.